The van der Waals surface area contributed by atoms with Crippen LogP contribution >= 0.6 is 15.9 Å². The van der Waals surface area contributed by atoms with E-state index in [1.165, 1.54) is 6.92 Å². The SMILES string of the molecule is CC(=O)CNC(=O)Nc1ccccc1Br. The highest BCUT2D eigenvalue weighted by atomic mass is 79.9. The maximum absolute atomic E-state index is 11.3. The lowest BCUT2D eigenvalue weighted by molar-refractivity contribution is -0.116. The third-order valence-electron chi connectivity index (χ3n) is 1.62. The van der Waals surface area contributed by atoms with Crippen LogP contribution in [-0.4, -0.2) is 18.4 Å². The maximum atomic E-state index is 11.3. The number of amides is 2. The Bertz CT molecular complexity index is 379. The minimum atomic E-state index is -0.392. The number of hydrogen-bond donors (Lipinski definition) is 2. The van der Waals surface area contributed by atoms with Gasteiger partial charge in [-0.05, 0) is 35.0 Å². The van der Waals surface area contributed by atoms with Gasteiger partial charge in [0.2, 0.25) is 0 Å². The highest BCUT2D eigenvalue weighted by Crippen LogP contribution is 2.20. The molecule has 0 spiro atoms. The van der Waals surface area contributed by atoms with Crippen molar-refractivity contribution in [2.45, 2.75) is 6.92 Å². The van der Waals surface area contributed by atoms with Crippen LogP contribution in [-0.2, 0) is 4.79 Å². The lowest BCUT2D eigenvalue weighted by Crippen LogP contribution is -2.32. The zero-order valence-electron chi connectivity index (χ0n) is 8.21. The molecule has 0 radical (unpaired) electrons. The first-order valence-electron chi connectivity index (χ1n) is 4.38. The van der Waals surface area contributed by atoms with E-state index in [9.17, 15) is 9.59 Å². The van der Waals surface area contributed by atoms with E-state index < -0.39 is 6.03 Å². The minimum Gasteiger partial charge on any atom is -0.331 e. The first-order valence-corrected chi connectivity index (χ1v) is 5.17. The van der Waals surface area contributed by atoms with E-state index in [1.807, 2.05) is 18.2 Å². The molecule has 2 amide bonds. The Labute approximate surface area is 96.2 Å². The highest BCUT2D eigenvalue weighted by Gasteiger charge is 2.04. The van der Waals surface area contributed by atoms with Crippen LogP contribution in [0, 0.1) is 0 Å². The Morgan fingerprint density at radius 3 is 2.60 bits per heavy atom. The fourth-order valence-electron chi connectivity index (χ4n) is 0.934. The standard InChI is InChI=1S/C10H11BrN2O2/c1-7(14)6-12-10(15)13-9-5-3-2-4-8(9)11/h2-5H,6H2,1H3,(H2,12,13,15). The Morgan fingerprint density at radius 2 is 2.00 bits per heavy atom. The van der Waals surface area contributed by atoms with Crippen molar-refractivity contribution in [1.29, 1.82) is 0 Å². The zero-order valence-corrected chi connectivity index (χ0v) is 9.80. The molecule has 2 N–H and O–H groups in total. The molecule has 0 heterocycles. The van der Waals surface area contributed by atoms with E-state index in [0.29, 0.717) is 5.69 Å². The van der Waals surface area contributed by atoms with E-state index in [1.54, 1.807) is 6.07 Å². The summed E-state index contributed by atoms with van der Waals surface area (Å²) in [5.41, 5.74) is 0.665. The van der Waals surface area contributed by atoms with Gasteiger partial charge in [0.1, 0.15) is 5.78 Å². The zero-order chi connectivity index (χ0) is 11.3. The van der Waals surface area contributed by atoms with E-state index in [2.05, 4.69) is 26.6 Å². The molecular weight excluding hydrogens is 260 g/mol. The number of anilines is 1. The lowest BCUT2D eigenvalue weighted by atomic mass is 10.3. The smallest absolute Gasteiger partial charge is 0.319 e. The van der Waals surface area contributed by atoms with Gasteiger partial charge in [-0.1, -0.05) is 12.1 Å². The summed E-state index contributed by atoms with van der Waals surface area (Å²) in [5, 5.41) is 5.05. The third-order valence-corrected chi connectivity index (χ3v) is 2.31. The van der Waals surface area contributed by atoms with Crippen molar-refractivity contribution in [3.8, 4) is 0 Å². The van der Waals surface area contributed by atoms with Crippen LogP contribution in [0.15, 0.2) is 28.7 Å². The number of ketones is 1. The molecule has 0 bridgehead atoms. The quantitative estimate of drug-likeness (QED) is 0.885. The summed E-state index contributed by atoms with van der Waals surface area (Å²) in [6.07, 6.45) is 0. The van der Waals surface area contributed by atoms with Crippen LogP contribution in [0.2, 0.25) is 0 Å². The van der Waals surface area contributed by atoms with Gasteiger partial charge in [-0.15, -0.1) is 0 Å². The predicted octanol–water partition coefficient (Wildman–Crippen LogP) is 2.16. The molecule has 0 aliphatic heterocycles. The van der Waals surface area contributed by atoms with E-state index in [-0.39, 0.29) is 12.3 Å². The Balaban J connectivity index is 2.52. The van der Waals surface area contributed by atoms with Gasteiger partial charge in [-0.2, -0.15) is 0 Å². The second-order valence-corrected chi connectivity index (χ2v) is 3.84. The normalized spacial score (nSPS) is 9.47. The first kappa shape index (κ1) is 11.7. The summed E-state index contributed by atoms with van der Waals surface area (Å²) >= 11 is 3.30. The number of hydrogen-bond acceptors (Lipinski definition) is 2. The number of Topliss-reactive ketones (excluding diaryl/α,β-unsaturated/α-hetero) is 1. The Kier molecular flexibility index (Phi) is 4.30. The third kappa shape index (κ3) is 4.12. The fourth-order valence-corrected chi connectivity index (χ4v) is 1.32. The molecule has 1 aromatic rings. The van der Waals surface area contributed by atoms with Crippen molar-refractivity contribution in [2.75, 3.05) is 11.9 Å². The molecule has 0 unspecified atom stereocenters. The number of para-hydroxylation sites is 1. The number of benzene rings is 1. The van der Waals surface area contributed by atoms with Gasteiger partial charge in [0, 0.05) is 4.47 Å². The Morgan fingerprint density at radius 1 is 1.33 bits per heavy atom. The van der Waals surface area contributed by atoms with Gasteiger partial charge in [0.05, 0.1) is 12.2 Å². The largest absolute Gasteiger partial charge is 0.331 e. The molecule has 1 aromatic carbocycles. The summed E-state index contributed by atoms with van der Waals surface area (Å²) in [6, 6.07) is 6.85. The molecule has 0 saturated carbocycles. The van der Waals surface area contributed by atoms with E-state index in [0.717, 1.165) is 4.47 Å². The van der Waals surface area contributed by atoms with Crippen LogP contribution in [0.1, 0.15) is 6.92 Å². The van der Waals surface area contributed by atoms with Crippen molar-refractivity contribution in [3.05, 3.63) is 28.7 Å². The van der Waals surface area contributed by atoms with Crippen LogP contribution in [0.4, 0.5) is 10.5 Å². The van der Waals surface area contributed by atoms with Crippen molar-refractivity contribution in [3.63, 3.8) is 0 Å². The van der Waals surface area contributed by atoms with Gasteiger partial charge in [-0.25, -0.2) is 4.79 Å². The van der Waals surface area contributed by atoms with Gasteiger partial charge in [0.25, 0.3) is 0 Å². The molecule has 15 heavy (non-hydrogen) atoms. The molecule has 5 heteroatoms. The number of rotatable bonds is 3. The van der Waals surface area contributed by atoms with Gasteiger partial charge >= 0.3 is 6.03 Å². The second kappa shape index (κ2) is 5.50. The average Bonchev–Trinajstić information content (AvgIpc) is 2.18. The van der Waals surface area contributed by atoms with Crippen molar-refractivity contribution < 1.29 is 9.59 Å². The summed E-state index contributed by atoms with van der Waals surface area (Å²) in [5.74, 6) is -0.0859. The van der Waals surface area contributed by atoms with E-state index >= 15 is 0 Å². The molecular formula is C10H11BrN2O2. The van der Waals surface area contributed by atoms with Gasteiger partial charge in [-0.3, -0.25) is 4.79 Å². The Hall–Kier alpha value is -1.36. The van der Waals surface area contributed by atoms with E-state index in [4.69, 9.17) is 0 Å². The van der Waals surface area contributed by atoms with Crippen LogP contribution in [0.3, 0.4) is 0 Å². The molecule has 1 rings (SSSR count). The van der Waals surface area contributed by atoms with Gasteiger partial charge in [0.15, 0.2) is 0 Å². The van der Waals surface area contributed by atoms with Crippen molar-refractivity contribution >= 4 is 33.4 Å². The molecule has 0 aliphatic rings. The lowest BCUT2D eigenvalue weighted by Gasteiger charge is -2.07. The predicted molar refractivity (Wildman–Crippen MR) is 61.8 cm³/mol. The summed E-state index contributed by atoms with van der Waals surface area (Å²) < 4.78 is 0.794. The molecule has 0 aromatic heterocycles. The summed E-state index contributed by atoms with van der Waals surface area (Å²) in [7, 11) is 0. The summed E-state index contributed by atoms with van der Waals surface area (Å²) in [6.45, 7) is 1.45. The van der Waals surface area contributed by atoms with Gasteiger partial charge < -0.3 is 10.6 Å². The molecule has 0 atom stereocenters. The monoisotopic (exact) mass is 270 g/mol. The highest BCUT2D eigenvalue weighted by molar-refractivity contribution is 9.10. The number of halogens is 1. The number of nitrogens with one attached hydrogen (secondary N) is 2. The maximum Gasteiger partial charge on any atom is 0.319 e. The van der Waals surface area contributed by atoms with Crippen LogP contribution in [0.5, 0.6) is 0 Å². The minimum absolute atomic E-state index is 0.0380. The number of carbonyl (C=O) groups excluding carboxylic acids is 2. The van der Waals surface area contributed by atoms with Crippen LogP contribution < -0.4 is 10.6 Å². The fraction of sp³-hybridized carbons (Fsp3) is 0.200. The number of urea groups is 1. The van der Waals surface area contributed by atoms with Crippen molar-refractivity contribution in [2.24, 2.45) is 0 Å². The molecule has 80 valence electrons. The molecule has 4 nitrogen and oxygen atoms in total. The molecule has 0 saturated heterocycles. The topological polar surface area (TPSA) is 58.2 Å². The van der Waals surface area contributed by atoms with Crippen molar-refractivity contribution in [1.82, 2.24) is 5.32 Å². The molecule has 0 aliphatic carbocycles. The molecule has 0 fully saturated rings. The summed E-state index contributed by atoms with van der Waals surface area (Å²) in [4.78, 5) is 21.9. The average molecular weight is 271 g/mol. The number of carbonyl (C=O) groups is 2. The van der Waals surface area contributed by atoms with Crippen LogP contribution in [0.25, 0.3) is 0 Å². The first-order chi connectivity index (χ1) is 7.09. The second-order valence-electron chi connectivity index (χ2n) is 2.99.